The van der Waals surface area contributed by atoms with Crippen LogP contribution in [0.1, 0.15) is 0 Å². The summed E-state index contributed by atoms with van der Waals surface area (Å²) in [6.45, 7) is 0. The fraction of sp³-hybridized carbons (Fsp3) is 0. The van der Waals surface area contributed by atoms with Crippen molar-refractivity contribution in [2.45, 2.75) is 0 Å². The van der Waals surface area contributed by atoms with E-state index in [1.165, 1.54) is 0 Å². The molecule has 0 heterocycles. The summed E-state index contributed by atoms with van der Waals surface area (Å²) >= 11 is 0. The van der Waals surface area contributed by atoms with Gasteiger partial charge in [-0.25, -0.2) is 14.4 Å². The minimum atomic E-state index is -5.19. The Morgan fingerprint density at radius 1 is 0.818 bits per heavy atom. The van der Waals surface area contributed by atoms with Gasteiger partial charge in [0.05, 0.1) is 0 Å². The zero-order chi connectivity index (χ0) is 9.23. The van der Waals surface area contributed by atoms with Gasteiger partial charge >= 0.3 is 24.3 Å². The molecule has 0 radical (unpaired) electrons. The average molecular weight is 182 g/mol. The Morgan fingerprint density at radius 3 is 1.00 bits per heavy atom. The van der Waals surface area contributed by atoms with E-state index in [4.69, 9.17) is 15.3 Å². The molecule has 0 aliphatic heterocycles. The minimum Gasteiger partial charge on any atom is -0.475 e. The molecule has 11 heavy (non-hydrogen) atoms. The molecule has 0 aromatic heterocycles. The van der Waals surface area contributed by atoms with E-state index in [1.54, 1.807) is 0 Å². The first-order valence-corrected chi connectivity index (χ1v) is 3.84. The standard InChI is InChI=1S/C3H3O7P/c4-1(5)11(10,2(6)7)3(8)9/h(H,4,5)(H,6,7)(H,8,9). The lowest BCUT2D eigenvalue weighted by Gasteiger charge is -1.99. The first kappa shape index (κ1) is 9.64. The van der Waals surface area contributed by atoms with Gasteiger partial charge in [0.1, 0.15) is 0 Å². The van der Waals surface area contributed by atoms with Gasteiger partial charge in [-0.3, -0.25) is 4.57 Å². The molecule has 0 aromatic rings. The van der Waals surface area contributed by atoms with Gasteiger partial charge in [0.25, 0.3) is 0 Å². The number of carbonyl (C=O) groups is 3. The third kappa shape index (κ3) is 1.38. The third-order valence-electron chi connectivity index (χ3n) is 0.808. The molecule has 0 fully saturated rings. The Kier molecular flexibility index (Phi) is 2.38. The summed E-state index contributed by atoms with van der Waals surface area (Å²) in [6.07, 6.45) is 0. The van der Waals surface area contributed by atoms with Gasteiger partial charge in [-0.15, -0.1) is 0 Å². The van der Waals surface area contributed by atoms with Crippen molar-refractivity contribution in [2.24, 2.45) is 0 Å². The molecule has 0 amide bonds. The van der Waals surface area contributed by atoms with Crippen molar-refractivity contribution in [3.8, 4) is 0 Å². The van der Waals surface area contributed by atoms with Crippen molar-refractivity contribution >= 4 is 24.3 Å². The van der Waals surface area contributed by atoms with Crippen molar-refractivity contribution < 1.29 is 34.3 Å². The van der Waals surface area contributed by atoms with Crippen LogP contribution in [0, 0.1) is 0 Å². The fourth-order valence-electron chi connectivity index (χ4n) is 0.245. The number of hydrogen-bond donors (Lipinski definition) is 3. The van der Waals surface area contributed by atoms with E-state index in [1.807, 2.05) is 0 Å². The lowest BCUT2D eigenvalue weighted by molar-refractivity contribution is 0.204. The van der Waals surface area contributed by atoms with E-state index in [0.717, 1.165) is 0 Å². The monoisotopic (exact) mass is 182 g/mol. The van der Waals surface area contributed by atoms with E-state index in [2.05, 4.69) is 0 Å². The molecule has 0 saturated heterocycles. The molecule has 0 spiro atoms. The molecule has 8 heteroatoms. The van der Waals surface area contributed by atoms with Crippen LogP contribution < -0.4 is 0 Å². The summed E-state index contributed by atoms with van der Waals surface area (Å²) in [6, 6.07) is 0. The van der Waals surface area contributed by atoms with E-state index < -0.39 is 24.3 Å². The lowest BCUT2D eigenvalue weighted by Crippen LogP contribution is -2.12. The Hall–Kier alpha value is -1.36. The van der Waals surface area contributed by atoms with Gasteiger partial charge in [-0.1, -0.05) is 0 Å². The summed E-state index contributed by atoms with van der Waals surface area (Å²) in [5, 5.41) is 23.8. The maximum absolute atomic E-state index is 10.5. The summed E-state index contributed by atoms with van der Waals surface area (Å²) in [5.41, 5.74) is -7.01. The van der Waals surface area contributed by atoms with Gasteiger partial charge in [-0.05, 0) is 0 Å². The summed E-state index contributed by atoms with van der Waals surface area (Å²) in [5.74, 6) is 0. The van der Waals surface area contributed by atoms with Crippen LogP contribution in [0.3, 0.4) is 0 Å². The normalized spacial score (nSPS) is 10.5. The zero-order valence-corrected chi connectivity index (χ0v) is 5.82. The molecule has 0 aromatic carbocycles. The molecule has 0 unspecified atom stereocenters. The average Bonchev–Trinajstić information content (AvgIpc) is 1.84. The van der Waals surface area contributed by atoms with Crippen molar-refractivity contribution in [1.29, 1.82) is 0 Å². The topological polar surface area (TPSA) is 129 Å². The van der Waals surface area contributed by atoms with E-state index in [-0.39, 0.29) is 0 Å². The molecule has 0 rings (SSSR count). The first-order valence-electron chi connectivity index (χ1n) is 2.14. The van der Waals surface area contributed by atoms with Gasteiger partial charge in [0.15, 0.2) is 0 Å². The highest BCUT2D eigenvalue weighted by molar-refractivity contribution is 8.05. The Labute approximate surface area is 59.6 Å². The predicted molar refractivity (Wildman–Crippen MR) is 31.7 cm³/mol. The Morgan fingerprint density at radius 2 is 1.00 bits per heavy atom. The largest absolute Gasteiger partial charge is 0.475 e. The summed E-state index contributed by atoms with van der Waals surface area (Å²) in [7, 11) is -5.19. The highest BCUT2D eigenvalue weighted by atomic mass is 31.2. The Bertz CT molecular complexity index is 222. The van der Waals surface area contributed by atoms with Crippen LogP contribution in [-0.4, -0.2) is 32.5 Å². The number of carboxylic acid groups (broad SMARTS) is 3. The summed E-state index contributed by atoms with van der Waals surface area (Å²) in [4.78, 5) is 29.6. The third-order valence-corrected chi connectivity index (χ3v) is 2.42. The Balaban J connectivity index is 5.18. The number of hydrogen-bond acceptors (Lipinski definition) is 4. The molecular formula is C3H3O7P. The molecule has 62 valence electrons. The van der Waals surface area contributed by atoms with Crippen molar-refractivity contribution in [3.05, 3.63) is 0 Å². The van der Waals surface area contributed by atoms with Crippen LogP contribution in [0.15, 0.2) is 0 Å². The minimum absolute atomic E-state index is 2.34. The van der Waals surface area contributed by atoms with Crippen LogP contribution in [0.4, 0.5) is 14.4 Å². The van der Waals surface area contributed by atoms with Crippen LogP contribution in [0.25, 0.3) is 0 Å². The second-order valence-corrected chi connectivity index (χ2v) is 3.82. The maximum Gasteiger partial charge on any atom is 0.396 e. The molecule has 7 nitrogen and oxygen atoms in total. The van der Waals surface area contributed by atoms with Crippen LogP contribution in [0.5, 0.6) is 0 Å². The first-order chi connectivity index (χ1) is 4.83. The van der Waals surface area contributed by atoms with Crippen molar-refractivity contribution in [1.82, 2.24) is 0 Å². The molecule has 0 atom stereocenters. The molecule has 3 N–H and O–H groups in total. The highest BCUT2D eigenvalue weighted by Gasteiger charge is 2.49. The molecule has 0 bridgehead atoms. The van der Waals surface area contributed by atoms with Gasteiger partial charge in [-0.2, -0.15) is 0 Å². The lowest BCUT2D eigenvalue weighted by atomic mass is 11.5. The van der Waals surface area contributed by atoms with E-state index >= 15 is 0 Å². The van der Waals surface area contributed by atoms with Gasteiger partial charge in [0, 0.05) is 0 Å². The predicted octanol–water partition coefficient (Wildman–Crippen LogP) is 1.38. The SMILES string of the molecule is O=C(O)P(=O)(C(=O)O)C(=O)O. The van der Waals surface area contributed by atoms with E-state index in [9.17, 15) is 18.9 Å². The van der Waals surface area contributed by atoms with Crippen LogP contribution >= 0.6 is 7.14 Å². The van der Waals surface area contributed by atoms with Gasteiger partial charge in [0.2, 0.25) is 0 Å². The van der Waals surface area contributed by atoms with Crippen molar-refractivity contribution in [2.75, 3.05) is 0 Å². The molecular weight excluding hydrogens is 179 g/mol. The van der Waals surface area contributed by atoms with E-state index in [0.29, 0.717) is 0 Å². The van der Waals surface area contributed by atoms with Crippen LogP contribution in [0.2, 0.25) is 0 Å². The van der Waals surface area contributed by atoms with Crippen molar-refractivity contribution in [3.63, 3.8) is 0 Å². The molecule has 0 aliphatic carbocycles. The highest BCUT2D eigenvalue weighted by Crippen LogP contribution is 2.47. The molecule has 0 saturated carbocycles. The smallest absolute Gasteiger partial charge is 0.396 e. The fourth-order valence-corrected chi connectivity index (χ4v) is 0.736. The zero-order valence-electron chi connectivity index (χ0n) is 4.92. The van der Waals surface area contributed by atoms with Gasteiger partial charge < -0.3 is 15.3 Å². The molecule has 0 aliphatic rings. The number of rotatable bonds is 3. The summed E-state index contributed by atoms with van der Waals surface area (Å²) < 4.78 is 10.5. The second-order valence-electron chi connectivity index (χ2n) is 1.46. The maximum atomic E-state index is 10.5. The van der Waals surface area contributed by atoms with Crippen LogP contribution in [-0.2, 0) is 4.57 Å². The quantitative estimate of drug-likeness (QED) is 0.562. The second kappa shape index (κ2) is 2.71.